The highest BCUT2D eigenvalue weighted by Crippen LogP contribution is 2.28. The van der Waals surface area contributed by atoms with E-state index in [-0.39, 0.29) is 11.6 Å². The van der Waals surface area contributed by atoms with Gasteiger partial charge in [0.25, 0.3) is 5.56 Å². The molecule has 4 aromatic rings. The fourth-order valence-electron chi connectivity index (χ4n) is 4.25. The average molecular weight is 554 g/mol. The molecule has 3 aromatic carbocycles. The average Bonchev–Trinajstić information content (AvgIpc) is 2.84. The summed E-state index contributed by atoms with van der Waals surface area (Å²) < 4.78 is 2.55. The lowest BCUT2D eigenvalue weighted by molar-refractivity contribution is 0.185. The molecule has 1 unspecified atom stereocenters. The number of carbonyl (C=O) groups excluding carboxylic acids is 1. The molecule has 1 atom stereocenters. The van der Waals surface area contributed by atoms with Crippen LogP contribution in [0.2, 0.25) is 5.02 Å². The Labute approximate surface area is 217 Å². The van der Waals surface area contributed by atoms with Crippen LogP contribution < -0.4 is 10.9 Å². The Balaban J connectivity index is 1.87. The second-order valence-electron chi connectivity index (χ2n) is 8.21. The molecular formula is C27H26BrClN4O2. The molecule has 0 saturated carbocycles. The number of anilines is 1. The summed E-state index contributed by atoms with van der Waals surface area (Å²) in [4.78, 5) is 33.8. The van der Waals surface area contributed by atoms with Crippen molar-refractivity contribution in [3.63, 3.8) is 0 Å². The quantitative estimate of drug-likeness (QED) is 0.276. The van der Waals surface area contributed by atoms with Crippen LogP contribution in [0.5, 0.6) is 0 Å². The highest BCUT2D eigenvalue weighted by molar-refractivity contribution is 9.10. The molecular weight excluding hydrogens is 528 g/mol. The molecule has 0 bridgehead atoms. The van der Waals surface area contributed by atoms with Crippen LogP contribution in [0, 0.1) is 6.92 Å². The van der Waals surface area contributed by atoms with E-state index in [2.05, 4.69) is 21.2 Å². The van der Waals surface area contributed by atoms with E-state index in [1.54, 1.807) is 21.6 Å². The van der Waals surface area contributed by atoms with E-state index in [1.165, 1.54) is 0 Å². The normalized spacial score (nSPS) is 11.9. The van der Waals surface area contributed by atoms with Gasteiger partial charge in [-0.25, -0.2) is 9.78 Å². The molecule has 0 aliphatic carbocycles. The van der Waals surface area contributed by atoms with Crippen molar-refractivity contribution in [2.45, 2.75) is 33.2 Å². The smallest absolute Gasteiger partial charge is 0.315 e. The van der Waals surface area contributed by atoms with E-state index in [9.17, 15) is 9.59 Å². The zero-order chi connectivity index (χ0) is 25.1. The molecule has 4 rings (SSSR count). The number of aromatic nitrogens is 2. The molecule has 35 heavy (non-hydrogen) atoms. The van der Waals surface area contributed by atoms with Crippen molar-refractivity contribution in [2.75, 3.05) is 11.9 Å². The number of nitrogens with zero attached hydrogens (tertiary/aromatic N) is 3. The topological polar surface area (TPSA) is 67.2 Å². The van der Waals surface area contributed by atoms with Crippen LogP contribution in [0.25, 0.3) is 16.6 Å². The first kappa shape index (κ1) is 24.9. The number of amides is 2. The molecule has 180 valence electrons. The van der Waals surface area contributed by atoms with Crippen molar-refractivity contribution in [2.24, 2.45) is 0 Å². The van der Waals surface area contributed by atoms with Crippen molar-refractivity contribution in [1.82, 2.24) is 14.5 Å². The Bertz CT molecular complexity index is 1440. The predicted octanol–water partition coefficient (Wildman–Crippen LogP) is 7.12. The number of halogens is 2. The van der Waals surface area contributed by atoms with Gasteiger partial charge in [0.1, 0.15) is 5.82 Å². The van der Waals surface area contributed by atoms with E-state index in [0.29, 0.717) is 46.1 Å². The fraction of sp³-hybridized carbons (Fsp3) is 0.222. The summed E-state index contributed by atoms with van der Waals surface area (Å²) in [6.07, 6.45) is 0.568. The summed E-state index contributed by atoms with van der Waals surface area (Å²) in [6.45, 7) is 6.25. The molecule has 0 aliphatic rings. The summed E-state index contributed by atoms with van der Waals surface area (Å²) in [7, 11) is 0. The van der Waals surface area contributed by atoms with Crippen LogP contribution in [0.15, 0.2) is 76.0 Å². The molecule has 0 spiro atoms. The van der Waals surface area contributed by atoms with Crippen molar-refractivity contribution < 1.29 is 4.79 Å². The summed E-state index contributed by atoms with van der Waals surface area (Å²) in [5.41, 5.74) is 2.63. The third-order valence-electron chi connectivity index (χ3n) is 5.96. The number of carbonyl (C=O) groups is 1. The van der Waals surface area contributed by atoms with Gasteiger partial charge in [0.05, 0.1) is 22.6 Å². The van der Waals surface area contributed by atoms with Gasteiger partial charge in [0.15, 0.2) is 0 Å². The molecule has 1 N–H and O–H groups in total. The van der Waals surface area contributed by atoms with Crippen LogP contribution in [0.1, 0.15) is 37.7 Å². The van der Waals surface area contributed by atoms with Crippen LogP contribution in [-0.2, 0) is 0 Å². The zero-order valence-corrected chi connectivity index (χ0v) is 22.1. The van der Waals surface area contributed by atoms with Gasteiger partial charge in [0.2, 0.25) is 0 Å². The van der Waals surface area contributed by atoms with Crippen LogP contribution in [-0.4, -0.2) is 27.0 Å². The van der Waals surface area contributed by atoms with Gasteiger partial charge in [-0.15, -0.1) is 0 Å². The largest absolute Gasteiger partial charge is 0.322 e. The third-order valence-corrected chi connectivity index (χ3v) is 6.72. The van der Waals surface area contributed by atoms with Crippen molar-refractivity contribution in [3.05, 3.63) is 98.0 Å². The number of rotatable bonds is 6. The van der Waals surface area contributed by atoms with Crippen LogP contribution in [0.3, 0.4) is 0 Å². The lowest BCUT2D eigenvalue weighted by atomic mass is 10.1. The monoisotopic (exact) mass is 552 g/mol. The Morgan fingerprint density at radius 1 is 1.11 bits per heavy atom. The Hall–Kier alpha value is -3.16. The van der Waals surface area contributed by atoms with E-state index in [4.69, 9.17) is 16.6 Å². The van der Waals surface area contributed by atoms with Crippen molar-refractivity contribution >= 4 is 50.2 Å². The number of hydrogen-bond acceptors (Lipinski definition) is 3. The second kappa shape index (κ2) is 10.6. The molecule has 0 aliphatic heterocycles. The van der Waals surface area contributed by atoms with E-state index < -0.39 is 6.04 Å². The molecule has 6 nitrogen and oxygen atoms in total. The van der Waals surface area contributed by atoms with Gasteiger partial charge in [-0.2, -0.15) is 0 Å². The van der Waals surface area contributed by atoms with Gasteiger partial charge < -0.3 is 10.2 Å². The highest BCUT2D eigenvalue weighted by atomic mass is 79.9. The number of hydrogen-bond donors (Lipinski definition) is 1. The molecule has 0 saturated heterocycles. The summed E-state index contributed by atoms with van der Waals surface area (Å²) in [6, 6.07) is 19.4. The minimum absolute atomic E-state index is 0.182. The number of nitrogens with one attached hydrogen (secondary N) is 1. The maximum Gasteiger partial charge on any atom is 0.322 e. The third kappa shape index (κ3) is 5.11. The number of urea groups is 1. The molecule has 1 heterocycles. The minimum atomic E-state index is -0.442. The van der Waals surface area contributed by atoms with Gasteiger partial charge >= 0.3 is 6.03 Å². The Kier molecular flexibility index (Phi) is 7.57. The fourth-order valence-corrected chi connectivity index (χ4v) is 4.74. The Morgan fingerprint density at radius 3 is 2.49 bits per heavy atom. The first-order valence-electron chi connectivity index (χ1n) is 11.5. The molecule has 0 fully saturated rings. The standard InChI is InChI=1S/C27H26BrClN4O2/c1-4-23(32(5-2)27(35)30-20-13-10-18(28)11-14-20)25-31-22-9-7-6-8-21(22)26(34)33(25)24-15-12-19(29)16-17(24)3/h6-16,23H,4-5H2,1-3H3,(H,30,35). The molecule has 1 aromatic heterocycles. The van der Waals surface area contributed by atoms with Crippen LogP contribution in [0.4, 0.5) is 10.5 Å². The van der Waals surface area contributed by atoms with Gasteiger partial charge in [-0.1, -0.05) is 46.6 Å². The summed E-state index contributed by atoms with van der Waals surface area (Å²) in [5.74, 6) is 0.509. The van der Waals surface area contributed by atoms with E-state index in [0.717, 1.165) is 10.0 Å². The zero-order valence-electron chi connectivity index (χ0n) is 19.8. The number of aryl methyl sites for hydroxylation is 1. The maximum atomic E-state index is 13.8. The summed E-state index contributed by atoms with van der Waals surface area (Å²) in [5, 5.41) is 4.07. The second-order valence-corrected chi connectivity index (χ2v) is 9.56. The lowest BCUT2D eigenvalue weighted by Gasteiger charge is -2.31. The van der Waals surface area contributed by atoms with Crippen LogP contribution >= 0.6 is 27.5 Å². The predicted molar refractivity (Wildman–Crippen MR) is 146 cm³/mol. The maximum absolute atomic E-state index is 13.8. The summed E-state index contributed by atoms with van der Waals surface area (Å²) >= 11 is 9.62. The minimum Gasteiger partial charge on any atom is -0.315 e. The number of benzene rings is 3. The molecule has 2 amide bonds. The van der Waals surface area contributed by atoms with Crippen molar-refractivity contribution in [1.29, 1.82) is 0 Å². The van der Waals surface area contributed by atoms with Gasteiger partial charge in [-0.3, -0.25) is 9.36 Å². The molecule has 8 heteroatoms. The number of para-hydroxylation sites is 1. The first-order chi connectivity index (χ1) is 16.8. The van der Waals surface area contributed by atoms with Gasteiger partial charge in [0, 0.05) is 21.7 Å². The van der Waals surface area contributed by atoms with Crippen molar-refractivity contribution in [3.8, 4) is 5.69 Å². The highest BCUT2D eigenvalue weighted by Gasteiger charge is 2.28. The van der Waals surface area contributed by atoms with E-state index >= 15 is 0 Å². The molecule has 0 radical (unpaired) electrons. The Morgan fingerprint density at radius 2 is 1.83 bits per heavy atom. The first-order valence-corrected chi connectivity index (χ1v) is 12.6. The lowest BCUT2D eigenvalue weighted by Crippen LogP contribution is -2.40. The van der Waals surface area contributed by atoms with E-state index in [1.807, 2.05) is 75.4 Å². The number of fused-ring (bicyclic) bond motifs is 1. The SMILES string of the molecule is CCC(c1nc2ccccc2c(=O)n1-c1ccc(Cl)cc1C)N(CC)C(=O)Nc1ccc(Br)cc1. The van der Waals surface area contributed by atoms with Gasteiger partial charge in [-0.05, 0) is 80.4 Å².